The van der Waals surface area contributed by atoms with Gasteiger partial charge in [0, 0.05) is 22.4 Å². The zero-order chi connectivity index (χ0) is 23.7. The molecule has 1 N–H and O–H groups in total. The van der Waals surface area contributed by atoms with Gasteiger partial charge in [0.2, 0.25) is 17.6 Å². The number of fused-ring (bicyclic) bond motifs is 1. The number of hydrogen-bond donors (Lipinski definition) is 1. The van der Waals surface area contributed by atoms with Gasteiger partial charge in [0.05, 0.1) is 19.6 Å². The van der Waals surface area contributed by atoms with Crippen molar-refractivity contribution in [3.05, 3.63) is 60.0 Å². The number of aromatic nitrogens is 2. The molecule has 2 fully saturated rings. The lowest BCUT2D eigenvalue weighted by molar-refractivity contribution is -0.137. The molecule has 1 aromatic heterocycles. The van der Waals surface area contributed by atoms with Crippen molar-refractivity contribution in [1.29, 1.82) is 0 Å². The second-order valence-corrected chi connectivity index (χ2v) is 9.51. The molecule has 3 unspecified atom stereocenters. The summed E-state index contributed by atoms with van der Waals surface area (Å²) in [6.45, 7) is 0.240. The summed E-state index contributed by atoms with van der Waals surface area (Å²) >= 11 is 1.68. The molecule has 3 atom stereocenters. The van der Waals surface area contributed by atoms with Crippen LogP contribution in [0.5, 0.6) is 5.75 Å². The highest BCUT2D eigenvalue weighted by molar-refractivity contribution is 7.98. The van der Waals surface area contributed by atoms with Gasteiger partial charge in [0.25, 0.3) is 0 Å². The first kappa shape index (κ1) is 22.5. The van der Waals surface area contributed by atoms with Crippen LogP contribution in [-0.4, -0.2) is 46.4 Å². The molecule has 1 aliphatic carbocycles. The summed E-state index contributed by atoms with van der Waals surface area (Å²) in [4.78, 5) is 33.1. The van der Waals surface area contributed by atoms with Gasteiger partial charge in [0.15, 0.2) is 0 Å². The number of nitrogens with one attached hydrogen (secondary N) is 1. The molecule has 2 aliphatic rings. The summed E-state index contributed by atoms with van der Waals surface area (Å²) in [6, 6.07) is 14.8. The number of imide groups is 1. The van der Waals surface area contributed by atoms with Crippen molar-refractivity contribution in [3.63, 3.8) is 0 Å². The monoisotopic (exact) mass is 478 g/mol. The van der Waals surface area contributed by atoms with Crippen LogP contribution in [0.15, 0.2) is 57.9 Å². The lowest BCUT2D eigenvalue weighted by atomic mass is 9.76. The maximum Gasteiger partial charge on any atom is 0.324 e. The molecule has 176 valence electrons. The van der Waals surface area contributed by atoms with Crippen LogP contribution in [0, 0.1) is 5.92 Å². The zero-order valence-corrected chi connectivity index (χ0v) is 19.9. The lowest BCUT2D eigenvalue weighted by Gasteiger charge is -2.41. The van der Waals surface area contributed by atoms with Gasteiger partial charge < -0.3 is 14.6 Å². The molecule has 0 spiro atoms. The van der Waals surface area contributed by atoms with E-state index in [9.17, 15) is 9.59 Å². The van der Waals surface area contributed by atoms with Gasteiger partial charge in [-0.25, -0.2) is 4.79 Å². The summed E-state index contributed by atoms with van der Waals surface area (Å²) in [5, 5.41) is 7.20. The van der Waals surface area contributed by atoms with Gasteiger partial charge in [-0.3, -0.25) is 9.69 Å². The highest BCUT2D eigenvalue weighted by Crippen LogP contribution is 2.38. The van der Waals surface area contributed by atoms with E-state index in [0.717, 1.165) is 23.3 Å². The molecular formula is C25H26N4O4S. The summed E-state index contributed by atoms with van der Waals surface area (Å²) < 4.78 is 10.8. The third kappa shape index (κ3) is 4.40. The summed E-state index contributed by atoms with van der Waals surface area (Å²) in [6.07, 6.45) is 4.05. The van der Waals surface area contributed by atoms with Crippen molar-refractivity contribution in [2.75, 3.05) is 13.4 Å². The molecule has 3 amide bonds. The van der Waals surface area contributed by atoms with Crippen LogP contribution in [0.25, 0.3) is 11.4 Å². The third-order valence-electron chi connectivity index (χ3n) is 6.63. The van der Waals surface area contributed by atoms with Crippen molar-refractivity contribution in [3.8, 4) is 17.1 Å². The van der Waals surface area contributed by atoms with Gasteiger partial charge >= 0.3 is 6.03 Å². The number of hydrogen-bond acceptors (Lipinski definition) is 7. The van der Waals surface area contributed by atoms with Crippen molar-refractivity contribution < 1.29 is 18.8 Å². The number of amides is 3. The molecule has 3 aromatic rings. The smallest absolute Gasteiger partial charge is 0.324 e. The quantitative estimate of drug-likeness (QED) is 0.522. The molecule has 8 nitrogen and oxygen atoms in total. The molecule has 34 heavy (non-hydrogen) atoms. The molecule has 2 heterocycles. The summed E-state index contributed by atoms with van der Waals surface area (Å²) in [5.41, 5.74) is 1.78. The normalized spacial score (nSPS) is 22.3. The van der Waals surface area contributed by atoms with Crippen molar-refractivity contribution >= 4 is 23.7 Å². The second kappa shape index (κ2) is 9.50. The molecule has 0 radical (unpaired) electrons. The predicted octanol–water partition coefficient (Wildman–Crippen LogP) is 4.47. The average molecular weight is 479 g/mol. The number of rotatable bonds is 6. The highest BCUT2D eigenvalue weighted by Gasteiger charge is 2.45. The van der Waals surface area contributed by atoms with E-state index < -0.39 is 0 Å². The van der Waals surface area contributed by atoms with E-state index in [0.29, 0.717) is 24.6 Å². The Morgan fingerprint density at radius 3 is 2.59 bits per heavy atom. The van der Waals surface area contributed by atoms with Crippen LogP contribution in [0.3, 0.4) is 0 Å². The minimum absolute atomic E-state index is 0.00853. The standard InChI is InChI=1S/C25H26N4O4S/c1-32-18-8-3-15(4-9-18)14-29-24(30)20-12-7-17(13-21(20)26-25(29)31)23-27-22(28-33-23)16-5-10-19(34-2)11-6-16/h3-6,8-11,17,20-21H,7,12-14H2,1-2H3,(H,26,31). The summed E-state index contributed by atoms with van der Waals surface area (Å²) in [5.74, 6) is 1.49. The van der Waals surface area contributed by atoms with Crippen LogP contribution in [0.4, 0.5) is 4.79 Å². The first-order valence-corrected chi connectivity index (χ1v) is 12.5. The first-order valence-electron chi connectivity index (χ1n) is 11.3. The second-order valence-electron chi connectivity index (χ2n) is 8.63. The molecule has 9 heteroatoms. The van der Waals surface area contributed by atoms with Gasteiger partial charge in [-0.15, -0.1) is 11.8 Å². The Morgan fingerprint density at radius 1 is 1.12 bits per heavy atom. The number of ether oxygens (including phenoxy) is 1. The van der Waals surface area contributed by atoms with E-state index >= 15 is 0 Å². The summed E-state index contributed by atoms with van der Waals surface area (Å²) in [7, 11) is 1.60. The van der Waals surface area contributed by atoms with Crippen molar-refractivity contribution in [2.24, 2.45) is 5.92 Å². The zero-order valence-electron chi connectivity index (χ0n) is 19.1. The molecular weight excluding hydrogens is 452 g/mol. The molecule has 1 saturated carbocycles. The number of carbonyl (C=O) groups excluding carboxylic acids is 2. The van der Waals surface area contributed by atoms with E-state index in [1.54, 1.807) is 18.9 Å². The Bertz CT molecular complexity index is 1180. The lowest BCUT2D eigenvalue weighted by Crippen LogP contribution is -2.60. The fourth-order valence-electron chi connectivity index (χ4n) is 4.71. The molecule has 5 rings (SSSR count). The number of methoxy groups -OCH3 is 1. The Kier molecular flexibility index (Phi) is 6.28. The Labute approximate surface area is 202 Å². The molecule has 2 aromatic carbocycles. The first-order chi connectivity index (χ1) is 16.6. The van der Waals surface area contributed by atoms with E-state index in [4.69, 9.17) is 9.26 Å². The number of carbonyl (C=O) groups is 2. The van der Waals surface area contributed by atoms with Crippen LogP contribution < -0.4 is 10.1 Å². The van der Waals surface area contributed by atoms with Gasteiger partial charge in [-0.1, -0.05) is 17.3 Å². The van der Waals surface area contributed by atoms with Crippen LogP contribution in [-0.2, 0) is 11.3 Å². The van der Waals surface area contributed by atoms with Gasteiger partial charge in [0.1, 0.15) is 5.75 Å². The molecule has 1 saturated heterocycles. The van der Waals surface area contributed by atoms with Gasteiger partial charge in [-0.05, 0) is 67.5 Å². The third-order valence-corrected chi connectivity index (χ3v) is 7.37. The number of thioether (sulfide) groups is 1. The van der Waals surface area contributed by atoms with Crippen LogP contribution in [0.2, 0.25) is 0 Å². The Balaban J connectivity index is 1.25. The molecule has 1 aliphatic heterocycles. The van der Waals surface area contributed by atoms with E-state index in [2.05, 4.69) is 15.5 Å². The van der Waals surface area contributed by atoms with Crippen molar-refractivity contribution in [1.82, 2.24) is 20.4 Å². The Hall–Kier alpha value is -3.33. The topological polar surface area (TPSA) is 97.6 Å². The van der Waals surface area contributed by atoms with E-state index in [-0.39, 0.29) is 36.4 Å². The highest BCUT2D eigenvalue weighted by atomic mass is 32.2. The predicted molar refractivity (Wildman–Crippen MR) is 127 cm³/mol. The fourth-order valence-corrected chi connectivity index (χ4v) is 5.12. The SMILES string of the molecule is COc1ccc(CN2C(=O)NC3CC(c4nc(-c5ccc(SC)cc5)no4)CCC3C2=O)cc1. The van der Waals surface area contributed by atoms with Crippen LogP contribution in [0.1, 0.15) is 36.6 Å². The number of urea groups is 1. The van der Waals surface area contributed by atoms with E-state index in [1.807, 2.05) is 54.8 Å². The average Bonchev–Trinajstić information content (AvgIpc) is 3.37. The fraction of sp³-hybridized carbons (Fsp3) is 0.360. The van der Waals surface area contributed by atoms with Crippen molar-refractivity contribution in [2.45, 2.75) is 42.7 Å². The largest absolute Gasteiger partial charge is 0.497 e. The van der Waals surface area contributed by atoms with E-state index in [1.165, 1.54) is 9.80 Å². The number of benzene rings is 2. The van der Waals surface area contributed by atoms with Gasteiger partial charge in [-0.2, -0.15) is 4.98 Å². The maximum atomic E-state index is 13.2. The molecule has 0 bridgehead atoms. The Morgan fingerprint density at radius 2 is 1.88 bits per heavy atom. The minimum atomic E-state index is -0.359. The maximum absolute atomic E-state index is 13.2. The number of nitrogens with zero attached hydrogens (tertiary/aromatic N) is 3. The van der Waals surface area contributed by atoms with Crippen LogP contribution >= 0.6 is 11.8 Å². The minimum Gasteiger partial charge on any atom is -0.497 e.